The Hall–Kier alpha value is -1.17. The van der Waals surface area contributed by atoms with E-state index in [1.807, 2.05) is 0 Å². The van der Waals surface area contributed by atoms with E-state index in [0.717, 1.165) is 0 Å². The van der Waals surface area contributed by atoms with Crippen molar-refractivity contribution in [2.45, 2.75) is 17.9 Å². The van der Waals surface area contributed by atoms with Gasteiger partial charge in [0.15, 0.2) is 5.72 Å². The summed E-state index contributed by atoms with van der Waals surface area (Å²) in [5, 5.41) is 22.0. The fourth-order valence-electron chi connectivity index (χ4n) is 1.72. The van der Waals surface area contributed by atoms with Crippen LogP contribution in [0, 0.1) is 0 Å². The Morgan fingerprint density at radius 3 is 3.00 bits per heavy atom. The van der Waals surface area contributed by atoms with Crippen LogP contribution in [0.25, 0.3) is 0 Å². The number of carbonyl (C=O) groups excluding carboxylic acids is 1. The van der Waals surface area contributed by atoms with Gasteiger partial charge in [-0.3, -0.25) is 4.79 Å². The second-order valence-corrected chi connectivity index (χ2v) is 3.36. The lowest BCUT2D eigenvalue weighted by atomic mass is 9.89. The van der Waals surface area contributed by atoms with Crippen molar-refractivity contribution in [3.8, 4) is 0 Å². The van der Waals surface area contributed by atoms with Crippen LogP contribution in [0.3, 0.4) is 0 Å². The summed E-state index contributed by atoms with van der Waals surface area (Å²) in [5.41, 5.74) is -1.34. The van der Waals surface area contributed by atoms with Crippen molar-refractivity contribution in [3.63, 3.8) is 0 Å². The molecule has 0 saturated carbocycles. The molecule has 0 fully saturated rings. The highest BCUT2D eigenvalue weighted by atomic mass is 16.5. The zero-order chi connectivity index (χ0) is 10.3. The zero-order valence-electron chi connectivity index (χ0n) is 7.60. The molecular formula is C9H11NO4. The van der Waals surface area contributed by atoms with Crippen LogP contribution in [-0.4, -0.2) is 41.2 Å². The second-order valence-electron chi connectivity index (χ2n) is 3.36. The minimum atomic E-state index is -1.70. The predicted octanol–water partition coefficient (Wildman–Crippen LogP) is -1.32. The van der Waals surface area contributed by atoms with Crippen molar-refractivity contribution >= 4 is 5.91 Å². The molecule has 1 aliphatic carbocycles. The van der Waals surface area contributed by atoms with Crippen molar-refractivity contribution in [2.75, 3.05) is 7.11 Å². The van der Waals surface area contributed by atoms with Crippen LogP contribution in [-0.2, 0) is 9.53 Å². The first-order valence-corrected chi connectivity index (χ1v) is 4.23. The van der Waals surface area contributed by atoms with E-state index in [4.69, 9.17) is 4.74 Å². The maximum absolute atomic E-state index is 11.0. The van der Waals surface area contributed by atoms with Crippen molar-refractivity contribution in [3.05, 3.63) is 23.8 Å². The first kappa shape index (κ1) is 9.39. The van der Waals surface area contributed by atoms with Gasteiger partial charge in [-0.25, -0.2) is 0 Å². The van der Waals surface area contributed by atoms with Crippen LogP contribution >= 0.6 is 0 Å². The molecule has 0 aromatic heterocycles. The molecule has 0 radical (unpaired) electrons. The molecule has 1 amide bonds. The molecule has 3 N–H and O–H groups in total. The molecule has 0 bridgehead atoms. The van der Waals surface area contributed by atoms with E-state index in [-0.39, 0.29) is 0 Å². The minimum Gasteiger partial charge on any atom is -0.385 e. The molecule has 0 aromatic carbocycles. The number of rotatable bonds is 1. The highest BCUT2D eigenvalue weighted by Gasteiger charge is 2.49. The fourth-order valence-corrected chi connectivity index (χ4v) is 1.72. The lowest BCUT2D eigenvalue weighted by Crippen LogP contribution is -2.59. The maximum atomic E-state index is 11.0. The highest BCUT2D eigenvalue weighted by Crippen LogP contribution is 2.31. The molecule has 5 heteroatoms. The van der Waals surface area contributed by atoms with Gasteiger partial charge >= 0.3 is 0 Å². The molecule has 14 heavy (non-hydrogen) atoms. The van der Waals surface area contributed by atoms with Gasteiger partial charge in [0.05, 0.1) is 0 Å². The topological polar surface area (TPSA) is 78.8 Å². The number of hydrogen-bond acceptors (Lipinski definition) is 4. The number of fused-ring (bicyclic) bond motifs is 1. The van der Waals surface area contributed by atoms with Gasteiger partial charge in [-0.05, 0) is 0 Å². The normalized spacial score (nSPS) is 40.5. The summed E-state index contributed by atoms with van der Waals surface area (Å²) in [6.07, 6.45) is 2.63. The summed E-state index contributed by atoms with van der Waals surface area (Å²) in [4.78, 5) is 11.0. The van der Waals surface area contributed by atoms with Gasteiger partial charge in [-0.2, -0.15) is 0 Å². The number of carbonyl (C=O) groups is 1. The number of ether oxygens (including phenoxy) is 1. The standard InChI is InChI=1S/C9H11NO4/c1-14-6-3-2-5-4-7(11)10-9(5,13)8(6)12/h2-4,6,8,12-13H,1H3,(H,10,11). The monoisotopic (exact) mass is 197 g/mol. The van der Waals surface area contributed by atoms with Crippen molar-refractivity contribution in [1.82, 2.24) is 5.32 Å². The average molecular weight is 197 g/mol. The van der Waals surface area contributed by atoms with Crippen LogP contribution in [0.5, 0.6) is 0 Å². The molecule has 2 aliphatic rings. The van der Waals surface area contributed by atoms with Gasteiger partial charge in [0, 0.05) is 18.8 Å². The molecule has 3 unspecified atom stereocenters. The number of amides is 1. The van der Waals surface area contributed by atoms with Crippen molar-refractivity contribution in [1.29, 1.82) is 0 Å². The maximum Gasteiger partial charge on any atom is 0.246 e. The van der Waals surface area contributed by atoms with Gasteiger partial charge in [0.25, 0.3) is 0 Å². The SMILES string of the molecule is COC1C=CC2=CC(=O)NC2(O)C1O. The van der Waals surface area contributed by atoms with Gasteiger partial charge in [-0.15, -0.1) is 0 Å². The van der Waals surface area contributed by atoms with Gasteiger partial charge in [0.1, 0.15) is 12.2 Å². The third-order valence-electron chi connectivity index (χ3n) is 2.52. The fraction of sp³-hybridized carbons (Fsp3) is 0.444. The predicted molar refractivity (Wildman–Crippen MR) is 47.1 cm³/mol. The summed E-state index contributed by atoms with van der Waals surface area (Å²) < 4.78 is 4.94. The van der Waals surface area contributed by atoms with E-state index >= 15 is 0 Å². The Kier molecular flexibility index (Phi) is 1.95. The highest BCUT2D eigenvalue weighted by molar-refractivity contribution is 5.93. The molecule has 0 spiro atoms. The van der Waals surface area contributed by atoms with Crippen LogP contribution in [0.4, 0.5) is 0 Å². The molecular weight excluding hydrogens is 186 g/mol. The van der Waals surface area contributed by atoms with Gasteiger partial charge < -0.3 is 20.3 Å². The molecule has 0 saturated heterocycles. The summed E-state index contributed by atoms with van der Waals surface area (Å²) in [6, 6.07) is 0. The number of hydrogen-bond donors (Lipinski definition) is 3. The molecule has 1 heterocycles. The van der Waals surface area contributed by atoms with Crippen LogP contribution in [0.15, 0.2) is 23.8 Å². The third-order valence-corrected chi connectivity index (χ3v) is 2.52. The molecule has 2 rings (SSSR count). The van der Waals surface area contributed by atoms with Crippen LogP contribution in [0.2, 0.25) is 0 Å². The molecule has 0 aromatic rings. The van der Waals surface area contributed by atoms with Gasteiger partial charge in [-0.1, -0.05) is 12.2 Å². The van der Waals surface area contributed by atoms with E-state index in [0.29, 0.717) is 5.57 Å². The van der Waals surface area contributed by atoms with Crippen molar-refractivity contribution < 1.29 is 19.7 Å². The Bertz CT molecular complexity index is 336. The number of aliphatic hydroxyl groups excluding tert-OH is 1. The van der Waals surface area contributed by atoms with E-state index in [9.17, 15) is 15.0 Å². The summed E-state index contributed by atoms with van der Waals surface area (Å²) in [7, 11) is 1.42. The number of methoxy groups -OCH3 is 1. The number of nitrogens with one attached hydrogen (secondary N) is 1. The molecule has 3 atom stereocenters. The molecule has 5 nitrogen and oxygen atoms in total. The summed E-state index contributed by atoms with van der Waals surface area (Å²) in [6.45, 7) is 0. The Morgan fingerprint density at radius 1 is 1.64 bits per heavy atom. The van der Waals surface area contributed by atoms with E-state index in [1.165, 1.54) is 13.2 Å². The quantitative estimate of drug-likeness (QED) is 0.487. The first-order chi connectivity index (χ1) is 6.58. The lowest BCUT2D eigenvalue weighted by molar-refractivity contribution is -0.136. The van der Waals surface area contributed by atoms with Crippen molar-refractivity contribution in [2.24, 2.45) is 0 Å². The zero-order valence-corrected chi connectivity index (χ0v) is 7.60. The first-order valence-electron chi connectivity index (χ1n) is 4.23. The van der Waals surface area contributed by atoms with E-state index < -0.39 is 23.8 Å². The molecule has 76 valence electrons. The van der Waals surface area contributed by atoms with Crippen LogP contribution in [0.1, 0.15) is 0 Å². The van der Waals surface area contributed by atoms with Crippen LogP contribution < -0.4 is 5.32 Å². The molecule has 1 aliphatic heterocycles. The summed E-state index contributed by atoms with van der Waals surface area (Å²) in [5.74, 6) is -0.414. The minimum absolute atomic E-state index is 0.364. The van der Waals surface area contributed by atoms with E-state index in [1.54, 1.807) is 12.2 Å². The largest absolute Gasteiger partial charge is 0.385 e. The Morgan fingerprint density at radius 2 is 2.36 bits per heavy atom. The Balaban J connectivity index is 2.39. The Labute approximate surface area is 80.7 Å². The lowest BCUT2D eigenvalue weighted by Gasteiger charge is -2.36. The number of aliphatic hydroxyl groups is 2. The smallest absolute Gasteiger partial charge is 0.246 e. The average Bonchev–Trinajstić information content (AvgIpc) is 2.43. The summed E-state index contributed by atoms with van der Waals surface area (Å²) >= 11 is 0. The second kappa shape index (κ2) is 2.91. The van der Waals surface area contributed by atoms with Gasteiger partial charge in [0.2, 0.25) is 5.91 Å². The van der Waals surface area contributed by atoms with E-state index in [2.05, 4.69) is 5.32 Å². The third kappa shape index (κ3) is 1.10.